The molecule has 13 heavy (non-hydrogen) atoms. The van der Waals surface area contributed by atoms with Gasteiger partial charge in [-0.15, -0.1) is 0 Å². The molecular weight excluding hydrogens is 182 g/mol. The average Bonchev–Trinajstić information content (AvgIpc) is 2.38. The zero-order valence-corrected chi connectivity index (χ0v) is 8.43. The van der Waals surface area contributed by atoms with Crippen molar-refractivity contribution in [1.82, 2.24) is 4.72 Å². The van der Waals surface area contributed by atoms with Crippen molar-refractivity contribution in [2.24, 2.45) is 0 Å². The van der Waals surface area contributed by atoms with Gasteiger partial charge in [-0.3, -0.25) is 4.72 Å². The zero-order chi connectivity index (χ0) is 9.10. The number of fused-ring (bicyclic) bond motifs is 1. The minimum Gasteiger partial charge on any atom is -0.488 e. The summed E-state index contributed by atoms with van der Waals surface area (Å²) in [6.07, 6.45) is 1.35. The average molecular weight is 195 g/mol. The number of para-hydroxylation sites is 1. The molecular formula is C10H13NOS. The van der Waals surface area contributed by atoms with Crippen molar-refractivity contribution < 1.29 is 4.74 Å². The Morgan fingerprint density at radius 2 is 2.38 bits per heavy atom. The van der Waals surface area contributed by atoms with Gasteiger partial charge in [0.15, 0.2) is 0 Å². The first-order valence-corrected chi connectivity index (χ1v) is 5.37. The van der Waals surface area contributed by atoms with Crippen molar-refractivity contribution in [2.75, 3.05) is 6.54 Å². The topological polar surface area (TPSA) is 21.3 Å². The second kappa shape index (κ2) is 4.03. The van der Waals surface area contributed by atoms with Crippen molar-refractivity contribution in [3.8, 4) is 5.75 Å². The molecule has 0 bridgehead atoms. The molecule has 1 aliphatic rings. The number of hydrogen-bond acceptors (Lipinski definition) is 3. The fourth-order valence-corrected chi connectivity index (χ4v) is 2.08. The summed E-state index contributed by atoms with van der Waals surface area (Å²) in [5, 5.41) is 0. The molecule has 1 N–H and O–H groups in total. The number of benzene rings is 1. The lowest BCUT2D eigenvalue weighted by molar-refractivity contribution is 0.200. The highest BCUT2D eigenvalue weighted by atomic mass is 32.2. The van der Waals surface area contributed by atoms with Crippen LogP contribution in [-0.4, -0.2) is 12.6 Å². The van der Waals surface area contributed by atoms with E-state index in [2.05, 4.69) is 17.7 Å². The molecule has 0 aromatic heterocycles. The minimum atomic E-state index is 0.302. The maximum atomic E-state index is 5.82. The van der Waals surface area contributed by atoms with E-state index in [-0.39, 0.29) is 0 Å². The first kappa shape index (κ1) is 8.91. The molecule has 0 saturated heterocycles. The Labute approximate surface area is 82.8 Å². The second-order valence-electron chi connectivity index (χ2n) is 3.05. The molecule has 1 aromatic rings. The van der Waals surface area contributed by atoms with Crippen LogP contribution in [0.4, 0.5) is 0 Å². The van der Waals surface area contributed by atoms with Crippen LogP contribution in [0.2, 0.25) is 0 Å². The maximum absolute atomic E-state index is 5.82. The molecule has 1 atom stereocenters. The van der Waals surface area contributed by atoms with Gasteiger partial charge in [-0.1, -0.05) is 19.1 Å². The summed E-state index contributed by atoms with van der Waals surface area (Å²) in [5.74, 6) is 1.00. The SMILES string of the molecule is CCC1CNSc2ccccc2O1. The summed E-state index contributed by atoms with van der Waals surface area (Å²) >= 11 is 1.65. The van der Waals surface area contributed by atoms with Gasteiger partial charge in [-0.05, 0) is 30.5 Å². The van der Waals surface area contributed by atoms with E-state index >= 15 is 0 Å². The Morgan fingerprint density at radius 3 is 3.23 bits per heavy atom. The fraction of sp³-hybridized carbons (Fsp3) is 0.400. The van der Waals surface area contributed by atoms with Crippen LogP contribution in [0, 0.1) is 0 Å². The Kier molecular flexibility index (Phi) is 2.76. The van der Waals surface area contributed by atoms with Gasteiger partial charge in [0.1, 0.15) is 11.9 Å². The predicted octanol–water partition coefficient (Wildman–Crippen LogP) is 2.45. The molecule has 0 amide bonds. The number of ether oxygens (including phenoxy) is 1. The van der Waals surface area contributed by atoms with Crippen LogP contribution >= 0.6 is 11.9 Å². The van der Waals surface area contributed by atoms with Crippen LogP contribution in [0.25, 0.3) is 0 Å². The summed E-state index contributed by atoms with van der Waals surface area (Å²) in [5.41, 5.74) is 0. The van der Waals surface area contributed by atoms with Gasteiger partial charge in [0.2, 0.25) is 0 Å². The van der Waals surface area contributed by atoms with Gasteiger partial charge < -0.3 is 4.74 Å². The highest BCUT2D eigenvalue weighted by Crippen LogP contribution is 2.30. The Morgan fingerprint density at radius 1 is 1.54 bits per heavy atom. The molecule has 0 spiro atoms. The molecule has 0 aliphatic carbocycles. The summed E-state index contributed by atoms with van der Waals surface area (Å²) in [6.45, 7) is 3.06. The lowest BCUT2D eigenvalue weighted by atomic mass is 10.3. The number of nitrogens with one attached hydrogen (secondary N) is 1. The molecule has 1 unspecified atom stereocenters. The van der Waals surface area contributed by atoms with E-state index in [1.54, 1.807) is 11.9 Å². The third kappa shape index (κ3) is 1.98. The molecule has 0 radical (unpaired) electrons. The highest BCUT2D eigenvalue weighted by molar-refractivity contribution is 7.97. The van der Waals surface area contributed by atoms with Crippen molar-refractivity contribution in [2.45, 2.75) is 24.3 Å². The molecule has 0 saturated carbocycles. The first-order chi connectivity index (χ1) is 6.40. The van der Waals surface area contributed by atoms with Gasteiger partial charge >= 0.3 is 0 Å². The summed E-state index contributed by atoms with van der Waals surface area (Å²) < 4.78 is 9.12. The van der Waals surface area contributed by atoms with Crippen molar-refractivity contribution in [1.29, 1.82) is 0 Å². The molecule has 70 valence electrons. The largest absolute Gasteiger partial charge is 0.488 e. The van der Waals surface area contributed by atoms with Crippen LogP contribution in [-0.2, 0) is 0 Å². The summed E-state index contributed by atoms with van der Waals surface area (Å²) in [7, 11) is 0. The lowest BCUT2D eigenvalue weighted by Crippen LogP contribution is -2.25. The van der Waals surface area contributed by atoms with Crippen LogP contribution in [0.3, 0.4) is 0 Å². The molecule has 1 aliphatic heterocycles. The van der Waals surface area contributed by atoms with Gasteiger partial charge in [0, 0.05) is 6.54 Å². The van der Waals surface area contributed by atoms with E-state index in [0.29, 0.717) is 6.10 Å². The van der Waals surface area contributed by atoms with Crippen molar-refractivity contribution >= 4 is 11.9 Å². The predicted molar refractivity (Wildman–Crippen MR) is 55.0 cm³/mol. The van der Waals surface area contributed by atoms with E-state index in [0.717, 1.165) is 18.7 Å². The van der Waals surface area contributed by atoms with Gasteiger partial charge in [-0.25, -0.2) is 0 Å². The fourth-order valence-electron chi connectivity index (χ4n) is 1.29. The van der Waals surface area contributed by atoms with E-state index in [1.165, 1.54) is 4.90 Å². The van der Waals surface area contributed by atoms with Gasteiger partial charge in [0.25, 0.3) is 0 Å². The molecule has 1 aromatic carbocycles. The van der Waals surface area contributed by atoms with Crippen LogP contribution in [0.15, 0.2) is 29.2 Å². The highest BCUT2D eigenvalue weighted by Gasteiger charge is 2.15. The van der Waals surface area contributed by atoms with Crippen molar-refractivity contribution in [3.63, 3.8) is 0 Å². The van der Waals surface area contributed by atoms with Crippen LogP contribution in [0.5, 0.6) is 5.75 Å². The Balaban J connectivity index is 2.23. The standard InChI is InChI=1S/C10H13NOS/c1-2-8-7-11-13-10-6-4-3-5-9(10)12-8/h3-6,8,11H,2,7H2,1H3. The van der Waals surface area contributed by atoms with E-state index in [9.17, 15) is 0 Å². The van der Waals surface area contributed by atoms with E-state index < -0.39 is 0 Å². The second-order valence-corrected chi connectivity index (χ2v) is 3.98. The summed E-state index contributed by atoms with van der Waals surface area (Å²) in [6, 6.07) is 8.14. The van der Waals surface area contributed by atoms with Crippen LogP contribution < -0.4 is 9.46 Å². The minimum absolute atomic E-state index is 0.302. The number of rotatable bonds is 1. The van der Waals surface area contributed by atoms with Gasteiger partial charge in [0.05, 0.1) is 4.90 Å². The summed E-state index contributed by atoms with van der Waals surface area (Å²) in [4.78, 5) is 1.18. The lowest BCUT2D eigenvalue weighted by Gasteiger charge is -2.13. The van der Waals surface area contributed by atoms with Crippen LogP contribution in [0.1, 0.15) is 13.3 Å². The first-order valence-electron chi connectivity index (χ1n) is 4.55. The zero-order valence-electron chi connectivity index (χ0n) is 7.62. The molecule has 1 heterocycles. The van der Waals surface area contributed by atoms with E-state index in [1.807, 2.05) is 18.2 Å². The monoisotopic (exact) mass is 195 g/mol. The number of hydrogen-bond donors (Lipinski definition) is 1. The molecule has 2 rings (SSSR count). The van der Waals surface area contributed by atoms with E-state index in [4.69, 9.17) is 4.74 Å². The molecule has 0 fully saturated rings. The smallest absolute Gasteiger partial charge is 0.134 e. The molecule has 3 heteroatoms. The third-order valence-corrected chi connectivity index (χ3v) is 2.96. The quantitative estimate of drug-likeness (QED) is 0.695. The Bertz CT molecular complexity index is 290. The third-order valence-electron chi connectivity index (χ3n) is 2.09. The normalized spacial score (nSPS) is 21.5. The van der Waals surface area contributed by atoms with Crippen molar-refractivity contribution in [3.05, 3.63) is 24.3 Å². The molecule has 2 nitrogen and oxygen atoms in total. The van der Waals surface area contributed by atoms with Gasteiger partial charge in [-0.2, -0.15) is 0 Å². The Hall–Kier alpha value is -0.670. The maximum Gasteiger partial charge on any atom is 0.134 e.